The van der Waals surface area contributed by atoms with Crippen LogP contribution < -0.4 is 0 Å². The molecule has 1 aliphatic heterocycles. The smallest absolute Gasteiger partial charge is 0.177 e. The van der Waals surface area contributed by atoms with Crippen molar-refractivity contribution in [3.8, 4) is 0 Å². The SMILES string of the molecule is CCCCCCCCCC(O)c1cc(C)cc(C)c1C=CC1OCC(C)(C)CO1. The Labute approximate surface area is 178 Å². The second-order valence-corrected chi connectivity index (χ2v) is 9.52. The first-order chi connectivity index (χ1) is 13.8. The van der Waals surface area contributed by atoms with E-state index < -0.39 is 6.10 Å². The molecule has 164 valence electrons. The number of benzene rings is 1. The third kappa shape index (κ3) is 8.24. The Balaban J connectivity index is 1.96. The van der Waals surface area contributed by atoms with E-state index in [1.165, 1.54) is 49.7 Å². The van der Waals surface area contributed by atoms with Crippen molar-refractivity contribution < 1.29 is 14.6 Å². The van der Waals surface area contributed by atoms with Crippen LogP contribution in [0.2, 0.25) is 0 Å². The predicted molar refractivity (Wildman–Crippen MR) is 122 cm³/mol. The Morgan fingerprint density at radius 1 is 1.03 bits per heavy atom. The number of hydrogen-bond donors (Lipinski definition) is 1. The summed E-state index contributed by atoms with van der Waals surface area (Å²) in [6.07, 6.45) is 13.0. The highest BCUT2D eigenvalue weighted by atomic mass is 16.7. The van der Waals surface area contributed by atoms with E-state index >= 15 is 0 Å². The van der Waals surface area contributed by atoms with Gasteiger partial charge in [-0.3, -0.25) is 0 Å². The molecule has 0 radical (unpaired) electrons. The summed E-state index contributed by atoms with van der Waals surface area (Å²) in [4.78, 5) is 0. The number of rotatable bonds is 11. The van der Waals surface area contributed by atoms with Gasteiger partial charge in [-0.15, -0.1) is 0 Å². The quantitative estimate of drug-likeness (QED) is 0.410. The van der Waals surface area contributed by atoms with Crippen LogP contribution in [0, 0.1) is 19.3 Å². The fourth-order valence-electron chi connectivity index (χ4n) is 3.96. The predicted octanol–water partition coefficient (Wildman–Crippen LogP) is 6.89. The van der Waals surface area contributed by atoms with Gasteiger partial charge in [0.2, 0.25) is 0 Å². The van der Waals surface area contributed by atoms with Crippen LogP contribution in [0.3, 0.4) is 0 Å². The number of unbranched alkanes of at least 4 members (excludes halogenated alkanes) is 6. The molecule has 0 amide bonds. The first-order valence-electron chi connectivity index (χ1n) is 11.5. The maximum Gasteiger partial charge on any atom is 0.177 e. The van der Waals surface area contributed by atoms with E-state index in [1.807, 2.05) is 6.08 Å². The van der Waals surface area contributed by atoms with Crippen LogP contribution in [0.5, 0.6) is 0 Å². The summed E-state index contributed by atoms with van der Waals surface area (Å²) in [6, 6.07) is 4.31. The van der Waals surface area contributed by atoms with Gasteiger partial charge in [-0.2, -0.15) is 0 Å². The lowest BCUT2D eigenvalue weighted by molar-refractivity contribution is -0.197. The summed E-state index contributed by atoms with van der Waals surface area (Å²) in [7, 11) is 0. The van der Waals surface area contributed by atoms with Crippen molar-refractivity contribution in [3.63, 3.8) is 0 Å². The van der Waals surface area contributed by atoms with Gasteiger partial charge in [-0.25, -0.2) is 0 Å². The zero-order chi connectivity index (χ0) is 21.3. The highest BCUT2D eigenvalue weighted by molar-refractivity contribution is 5.59. The topological polar surface area (TPSA) is 38.7 Å². The Bertz CT molecular complexity index is 638. The van der Waals surface area contributed by atoms with Gasteiger partial charge in [-0.05, 0) is 43.0 Å². The molecule has 3 nitrogen and oxygen atoms in total. The van der Waals surface area contributed by atoms with Gasteiger partial charge in [0.15, 0.2) is 6.29 Å². The molecular weight excluding hydrogens is 360 g/mol. The normalized spacial score (nSPS) is 18.4. The highest BCUT2D eigenvalue weighted by Crippen LogP contribution is 2.29. The average molecular weight is 403 g/mol. The fraction of sp³-hybridized carbons (Fsp3) is 0.692. The lowest BCUT2D eigenvalue weighted by Crippen LogP contribution is -2.36. The summed E-state index contributed by atoms with van der Waals surface area (Å²) in [5.74, 6) is 0. The molecule has 1 saturated heterocycles. The summed E-state index contributed by atoms with van der Waals surface area (Å²) in [5, 5.41) is 10.9. The van der Waals surface area contributed by atoms with Crippen molar-refractivity contribution in [2.45, 2.75) is 98.4 Å². The lowest BCUT2D eigenvalue weighted by Gasteiger charge is -2.33. The summed E-state index contributed by atoms with van der Waals surface area (Å²) in [6.45, 7) is 12.2. The van der Waals surface area contributed by atoms with Crippen LogP contribution in [0.4, 0.5) is 0 Å². The molecule has 1 aliphatic rings. The minimum Gasteiger partial charge on any atom is -0.388 e. The van der Waals surface area contributed by atoms with Crippen LogP contribution in [-0.2, 0) is 9.47 Å². The van der Waals surface area contributed by atoms with Crippen molar-refractivity contribution in [2.75, 3.05) is 13.2 Å². The van der Waals surface area contributed by atoms with E-state index in [1.54, 1.807) is 0 Å². The molecule has 0 aromatic heterocycles. The molecule has 2 rings (SSSR count). The third-order valence-electron chi connectivity index (χ3n) is 5.70. The molecule has 0 spiro atoms. The Morgan fingerprint density at radius 2 is 1.66 bits per heavy atom. The number of aliphatic hydroxyl groups is 1. The average Bonchev–Trinajstić information content (AvgIpc) is 2.67. The van der Waals surface area contributed by atoms with Crippen molar-refractivity contribution in [1.82, 2.24) is 0 Å². The van der Waals surface area contributed by atoms with E-state index in [2.05, 4.69) is 52.8 Å². The van der Waals surface area contributed by atoms with Gasteiger partial charge in [0.1, 0.15) is 0 Å². The van der Waals surface area contributed by atoms with Crippen molar-refractivity contribution in [3.05, 3.63) is 40.5 Å². The molecule has 1 heterocycles. The van der Waals surface area contributed by atoms with Crippen molar-refractivity contribution >= 4 is 6.08 Å². The molecule has 1 N–H and O–H groups in total. The fourth-order valence-corrected chi connectivity index (χ4v) is 3.96. The largest absolute Gasteiger partial charge is 0.388 e. The first kappa shape index (κ1) is 24.1. The van der Waals surface area contributed by atoms with Crippen LogP contribution in [0.1, 0.15) is 100 Å². The number of aryl methyl sites for hydroxylation is 2. The Kier molecular flexibility index (Phi) is 9.88. The Hall–Kier alpha value is -1.16. The van der Waals surface area contributed by atoms with Gasteiger partial charge in [0, 0.05) is 5.41 Å². The van der Waals surface area contributed by atoms with E-state index in [9.17, 15) is 5.11 Å². The number of hydrogen-bond acceptors (Lipinski definition) is 3. The monoisotopic (exact) mass is 402 g/mol. The molecule has 1 aromatic carbocycles. The van der Waals surface area contributed by atoms with Crippen LogP contribution >= 0.6 is 0 Å². The summed E-state index contributed by atoms with van der Waals surface area (Å²) in [5.41, 5.74) is 4.58. The highest BCUT2D eigenvalue weighted by Gasteiger charge is 2.27. The molecule has 1 fully saturated rings. The van der Waals surface area contributed by atoms with Gasteiger partial charge >= 0.3 is 0 Å². The first-order valence-corrected chi connectivity index (χ1v) is 11.5. The van der Waals surface area contributed by atoms with Gasteiger partial charge in [0.25, 0.3) is 0 Å². The van der Waals surface area contributed by atoms with Crippen LogP contribution in [0.15, 0.2) is 18.2 Å². The molecule has 0 saturated carbocycles. The zero-order valence-electron chi connectivity index (χ0n) is 19.3. The Morgan fingerprint density at radius 3 is 2.31 bits per heavy atom. The second-order valence-electron chi connectivity index (χ2n) is 9.52. The van der Waals surface area contributed by atoms with E-state index in [-0.39, 0.29) is 11.7 Å². The second kappa shape index (κ2) is 11.9. The molecule has 3 heteroatoms. The third-order valence-corrected chi connectivity index (χ3v) is 5.70. The van der Waals surface area contributed by atoms with E-state index in [4.69, 9.17) is 9.47 Å². The molecule has 29 heavy (non-hydrogen) atoms. The number of aliphatic hydroxyl groups excluding tert-OH is 1. The molecular formula is C26H42O3. The van der Waals surface area contributed by atoms with Crippen LogP contribution in [0.25, 0.3) is 6.08 Å². The van der Waals surface area contributed by atoms with E-state index in [0.717, 1.165) is 24.0 Å². The van der Waals surface area contributed by atoms with Gasteiger partial charge in [0.05, 0.1) is 19.3 Å². The molecule has 1 unspecified atom stereocenters. The van der Waals surface area contributed by atoms with Gasteiger partial charge < -0.3 is 14.6 Å². The minimum atomic E-state index is -0.420. The lowest BCUT2D eigenvalue weighted by atomic mass is 9.92. The van der Waals surface area contributed by atoms with Crippen molar-refractivity contribution in [1.29, 1.82) is 0 Å². The van der Waals surface area contributed by atoms with E-state index in [0.29, 0.717) is 13.2 Å². The van der Waals surface area contributed by atoms with Crippen LogP contribution in [-0.4, -0.2) is 24.6 Å². The number of ether oxygens (including phenoxy) is 2. The maximum absolute atomic E-state index is 10.9. The van der Waals surface area contributed by atoms with Crippen molar-refractivity contribution in [2.24, 2.45) is 5.41 Å². The molecule has 0 aliphatic carbocycles. The molecule has 1 atom stereocenters. The summed E-state index contributed by atoms with van der Waals surface area (Å²) < 4.78 is 11.7. The van der Waals surface area contributed by atoms with Gasteiger partial charge in [-0.1, -0.05) is 89.5 Å². The zero-order valence-corrected chi connectivity index (χ0v) is 19.3. The summed E-state index contributed by atoms with van der Waals surface area (Å²) >= 11 is 0. The minimum absolute atomic E-state index is 0.0714. The maximum atomic E-state index is 10.9. The standard InChI is InChI=1S/C26H42O3/c1-6-7-8-9-10-11-12-13-24(27)23-17-20(2)16-21(3)22(23)14-15-25-28-18-26(4,5)19-29-25/h14-17,24-25,27H,6-13,18-19H2,1-5H3. The molecule has 1 aromatic rings. The molecule has 0 bridgehead atoms.